The van der Waals surface area contributed by atoms with Crippen LogP contribution in [0.2, 0.25) is 0 Å². The fourth-order valence-corrected chi connectivity index (χ4v) is 3.21. The van der Waals surface area contributed by atoms with Crippen molar-refractivity contribution in [3.8, 4) is 0 Å². The summed E-state index contributed by atoms with van der Waals surface area (Å²) in [5.74, 6) is 1.05. The minimum Gasteiger partial charge on any atom is -0.348 e. The zero-order valence-electron chi connectivity index (χ0n) is 13.5. The molecule has 120 valence electrons. The number of hydrogen-bond donors (Lipinski definition) is 2. The normalized spacial score (nSPS) is 13.8. The van der Waals surface area contributed by atoms with E-state index in [1.807, 2.05) is 36.5 Å². The van der Waals surface area contributed by atoms with Gasteiger partial charge in [0.2, 0.25) is 0 Å². The number of anilines is 1. The Morgan fingerprint density at radius 3 is 2.71 bits per heavy atom. The number of benzene rings is 1. The third-order valence-corrected chi connectivity index (χ3v) is 4.42. The first-order chi connectivity index (χ1) is 11.6. The molecule has 2 N–H and O–H groups in total. The molecule has 2 aromatic heterocycles. The van der Waals surface area contributed by atoms with Crippen LogP contribution in [0.1, 0.15) is 18.2 Å². The summed E-state index contributed by atoms with van der Waals surface area (Å²) in [6, 6.07) is 11.9. The summed E-state index contributed by atoms with van der Waals surface area (Å²) in [6.45, 7) is 3.20. The summed E-state index contributed by atoms with van der Waals surface area (Å²) in [4.78, 5) is 6.69. The third kappa shape index (κ3) is 2.27. The Morgan fingerprint density at radius 2 is 1.92 bits per heavy atom. The lowest BCUT2D eigenvalue weighted by Crippen LogP contribution is -2.35. The molecule has 0 fully saturated rings. The van der Waals surface area contributed by atoms with Gasteiger partial charge in [-0.2, -0.15) is 4.68 Å². The minimum absolute atomic E-state index is 0.238. The van der Waals surface area contributed by atoms with E-state index in [0.29, 0.717) is 6.54 Å². The van der Waals surface area contributed by atoms with Crippen LogP contribution in [0.5, 0.6) is 0 Å². The number of nitrogens with one attached hydrogen (secondary N) is 2. The van der Waals surface area contributed by atoms with Crippen molar-refractivity contribution in [3.05, 3.63) is 59.3 Å². The number of fused-ring (bicyclic) bond motifs is 2. The molecule has 0 saturated carbocycles. The molecule has 0 spiro atoms. The topological polar surface area (TPSA) is 81.7 Å². The summed E-state index contributed by atoms with van der Waals surface area (Å²) < 4.78 is 1.39. The summed E-state index contributed by atoms with van der Waals surface area (Å²) in [5.41, 5.74) is 2.60. The van der Waals surface area contributed by atoms with Gasteiger partial charge in [0.1, 0.15) is 5.84 Å². The van der Waals surface area contributed by atoms with Crippen molar-refractivity contribution in [2.45, 2.75) is 19.9 Å². The first-order valence-corrected chi connectivity index (χ1v) is 7.95. The lowest BCUT2D eigenvalue weighted by Gasteiger charge is -2.30. The Labute approximate surface area is 139 Å². The van der Waals surface area contributed by atoms with Crippen molar-refractivity contribution in [1.29, 1.82) is 10.8 Å². The van der Waals surface area contributed by atoms with E-state index in [0.717, 1.165) is 35.2 Å². The van der Waals surface area contributed by atoms with Gasteiger partial charge in [-0.1, -0.05) is 30.3 Å². The van der Waals surface area contributed by atoms with Crippen molar-refractivity contribution in [3.63, 3.8) is 0 Å². The fourth-order valence-electron chi connectivity index (χ4n) is 3.21. The predicted molar refractivity (Wildman–Crippen MR) is 93.4 cm³/mol. The molecule has 3 aromatic rings. The quantitative estimate of drug-likeness (QED) is 0.533. The van der Waals surface area contributed by atoms with Crippen LogP contribution < -0.4 is 10.4 Å². The van der Waals surface area contributed by atoms with Crippen LogP contribution in [0.25, 0.3) is 10.8 Å². The molecule has 0 bridgehead atoms. The van der Waals surface area contributed by atoms with E-state index in [-0.39, 0.29) is 11.3 Å². The predicted octanol–water partition coefficient (Wildman–Crippen LogP) is 2.32. The molecule has 0 aliphatic carbocycles. The molecule has 0 radical (unpaired) electrons. The second-order valence-electron chi connectivity index (χ2n) is 6.00. The van der Waals surface area contributed by atoms with Crippen LogP contribution in [0.3, 0.4) is 0 Å². The number of pyridine rings is 1. The van der Waals surface area contributed by atoms with Gasteiger partial charge in [0.25, 0.3) is 0 Å². The molecule has 1 aromatic carbocycles. The Hall–Kier alpha value is -3.02. The fraction of sp³-hybridized carbons (Fsp3) is 0.222. The van der Waals surface area contributed by atoms with Gasteiger partial charge >= 0.3 is 0 Å². The van der Waals surface area contributed by atoms with Crippen molar-refractivity contribution < 1.29 is 0 Å². The summed E-state index contributed by atoms with van der Waals surface area (Å²) >= 11 is 0. The largest absolute Gasteiger partial charge is 0.348 e. The lowest BCUT2D eigenvalue weighted by molar-refractivity contribution is 0.685. The van der Waals surface area contributed by atoms with Gasteiger partial charge in [0.05, 0.1) is 12.2 Å². The van der Waals surface area contributed by atoms with Gasteiger partial charge in [0, 0.05) is 23.5 Å². The standard InChI is InChI=1S/C18H18N6/c1-12(19)24-17(20)14-6-2-3-7-15(14)18(22-24)23-10-8-13-5-4-9-21-16(13)11-23/h2-7,9,19-20H,8,10-11H2,1H3. The number of rotatable bonds is 1. The minimum atomic E-state index is 0.238. The van der Waals surface area contributed by atoms with E-state index in [9.17, 15) is 0 Å². The highest BCUT2D eigenvalue weighted by atomic mass is 15.4. The molecular formula is C18H18N6. The summed E-state index contributed by atoms with van der Waals surface area (Å²) in [5, 5.41) is 22.6. The molecule has 4 rings (SSSR count). The van der Waals surface area contributed by atoms with Crippen LogP contribution in [0.15, 0.2) is 42.6 Å². The first kappa shape index (κ1) is 14.6. The average Bonchev–Trinajstić information content (AvgIpc) is 2.61. The highest BCUT2D eigenvalue weighted by molar-refractivity contribution is 5.93. The molecule has 3 heterocycles. The van der Waals surface area contributed by atoms with Gasteiger partial charge in [-0.05, 0) is 25.0 Å². The summed E-state index contributed by atoms with van der Waals surface area (Å²) in [6.07, 6.45) is 2.74. The van der Waals surface area contributed by atoms with Gasteiger partial charge in [0.15, 0.2) is 11.3 Å². The van der Waals surface area contributed by atoms with E-state index in [1.165, 1.54) is 10.2 Å². The maximum Gasteiger partial charge on any atom is 0.158 e. The maximum absolute atomic E-state index is 8.33. The van der Waals surface area contributed by atoms with Crippen molar-refractivity contribution in [2.24, 2.45) is 0 Å². The lowest BCUT2D eigenvalue weighted by atomic mass is 10.0. The van der Waals surface area contributed by atoms with Gasteiger partial charge in [-0.3, -0.25) is 15.8 Å². The monoisotopic (exact) mass is 318 g/mol. The number of nitrogens with zero attached hydrogens (tertiary/aromatic N) is 4. The highest BCUT2D eigenvalue weighted by Gasteiger charge is 2.21. The maximum atomic E-state index is 8.33. The van der Waals surface area contributed by atoms with Gasteiger partial charge in [-0.15, -0.1) is 5.10 Å². The van der Waals surface area contributed by atoms with E-state index >= 15 is 0 Å². The molecule has 0 saturated heterocycles. The zero-order valence-corrected chi connectivity index (χ0v) is 13.5. The first-order valence-electron chi connectivity index (χ1n) is 7.95. The Morgan fingerprint density at radius 1 is 1.12 bits per heavy atom. The van der Waals surface area contributed by atoms with E-state index in [2.05, 4.69) is 21.0 Å². The van der Waals surface area contributed by atoms with Crippen molar-refractivity contribution in [2.75, 3.05) is 11.4 Å². The third-order valence-electron chi connectivity index (χ3n) is 4.42. The smallest absolute Gasteiger partial charge is 0.158 e. The van der Waals surface area contributed by atoms with Crippen molar-refractivity contribution >= 4 is 22.4 Å². The van der Waals surface area contributed by atoms with E-state index in [4.69, 9.17) is 10.8 Å². The van der Waals surface area contributed by atoms with Crippen LogP contribution in [-0.2, 0) is 13.0 Å². The Bertz CT molecular complexity index is 1000. The molecule has 24 heavy (non-hydrogen) atoms. The molecule has 1 aliphatic rings. The zero-order chi connectivity index (χ0) is 16.7. The number of hydrogen-bond acceptors (Lipinski definition) is 5. The molecular weight excluding hydrogens is 300 g/mol. The SMILES string of the molecule is CC(=N)n1nc(N2CCc3cccnc3C2)c2ccccc2c1=N. The molecule has 0 unspecified atom stereocenters. The molecule has 6 heteroatoms. The summed E-state index contributed by atoms with van der Waals surface area (Å²) in [7, 11) is 0. The Kier molecular flexibility index (Phi) is 3.37. The number of aromatic nitrogens is 3. The Balaban J connectivity index is 1.90. The highest BCUT2D eigenvalue weighted by Crippen LogP contribution is 2.26. The second kappa shape index (κ2) is 5.56. The molecule has 0 atom stereocenters. The van der Waals surface area contributed by atoms with Crippen LogP contribution in [0, 0.1) is 10.8 Å². The van der Waals surface area contributed by atoms with Gasteiger partial charge < -0.3 is 4.90 Å². The van der Waals surface area contributed by atoms with Gasteiger partial charge in [-0.25, -0.2) is 0 Å². The molecule has 0 amide bonds. The van der Waals surface area contributed by atoms with E-state index < -0.39 is 0 Å². The average molecular weight is 318 g/mol. The molecule has 1 aliphatic heterocycles. The second-order valence-corrected chi connectivity index (χ2v) is 6.00. The molecule has 6 nitrogen and oxygen atoms in total. The van der Waals surface area contributed by atoms with Crippen LogP contribution in [-0.4, -0.2) is 27.1 Å². The van der Waals surface area contributed by atoms with E-state index in [1.54, 1.807) is 6.92 Å². The van der Waals surface area contributed by atoms with Crippen LogP contribution >= 0.6 is 0 Å². The van der Waals surface area contributed by atoms with Crippen LogP contribution in [0.4, 0.5) is 5.82 Å². The van der Waals surface area contributed by atoms with Crippen molar-refractivity contribution in [1.82, 2.24) is 14.8 Å².